The largest absolute Gasteiger partial charge is 0.348 e. The number of carbonyl (C=O) groups is 1. The van der Waals surface area contributed by atoms with Crippen LogP contribution in [0.2, 0.25) is 0 Å². The van der Waals surface area contributed by atoms with Crippen molar-refractivity contribution in [3.8, 4) is 0 Å². The molecule has 0 bridgehead atoms. The second-order valence-electron chi connectivity index (χ2n) is 6.50. The summed E-state index contributed by atoms with van der Waals surface area (Å²) in [5.41, 5.74) is 2.69. The number of imidazole rings is 1. The Kier molecular flexibility index (Phi) is 5.22. The maximum absolute atomic E-state index is 12.7. The molecule has 1 aromatic carbocycles. The Hall–Kier alpha value is -2.31. The van der Waals surface area contributed by atoms with E-state index in [0.717, 1.165) is 53.5 Å². The summed E-state index contributed by atoms with van der Waals surface area (Å²) in [6, 6.07) is 14.0. The first kappa shape index (κ1) is 17.1. The number of thioether (sulfide) groups is 1. The number of pyridine rings is 1. The van der Waals surface area contributed by atoms with E-state index in [9.17, 15) is 4.79 Å². The summed E-state index contributed by atoms with van der Waals surface area (Å²) in [6.45, 7) is 1.89. The highest BCUT2D eigenvalue weighted by molar-refractivity contribution is 7.98. The molecule has 1 amide bonds. The molecule has 0 saturated carbocycles. The van der Waals surface area contributed by atoms with Gasteiger partial charge in [-0.3, -0.25) is 4.79 Å². The zero-order chi connectivity index (χ0) is 17.8. The van der Waals surface area contributed by atoms with Crippen molar-refractivity contribution >= 4 is 23.3 Å². The van der Waals surface area contributed by atoms with Gasteiger partial charge < -0.3 is 15.0 Å². The average molecular weight is 366 g/mol. The molecule has 0 unspecified atom stereocenters. The number of hydrogen-bond acceptors (Lipinski definition) is 4. The fraction of sp³-hybridized carbons (Fsp3) is 0.300. The molecule has 6 heteroatoms. The Morgan fingerprint density at radius 2 is 2.15 bits per heavy atom. The maximum Gasteiger partial charge on any atom is 0.252 e. The predicted octanol–water partition coefficient (Wildman–Crippen LogP) is 3.11. The van der Waals surface area contributed by atoms with Crippen molar-refractivity contribution in [3.63, 3.8) is 0 Å². The highest BCUT2D eigenvalue weighted by Crippen LogP contribution is 2.26. The number of benzene rings is 1. The quantitative estimate of drug-likeness (QED) is 0.681. The summed E-state index contributed by atoms with van der Waals surface area (Å²) in [5.74, 6) is 0.744. The van der Waals surface area contributed by atoms with Gasteiger partial charge in [0.1, 0.15) is 5.65 Å². The lowest BCUT2D eigenvalue weighted by atomic mass is 10.1. The number of aromatic nitrogens is 2. The molecule has 2 N–H and O–H groups in total. The van der Waals surface area contributed by atoms with Crippen molar-refractivity contribution in [2.75, 3.05) is 13.1 Å². The van der Waals surface area contributed by atoms with Gasteiger partial charge in [-0.2, -0.15) is 0 Å². The Balaban J connectivity index is 1.45. The highest BCUT2D eigenvalue weighted by atomic mass is 32.2. The molecule has 4 rings (SSSR count). The zero-order valence-electron chi connectivity index (χ0n) is 14.5. The summed E-state index contributed by atoms with van der Waals surface area (Å²) >= 11 is 1.65. The second kappa shape index (κ2) is 7.93. The van der Waals surface area contributed by atoms with Crippen molar-refractivity contribution in [1.82, 2.24) is 20.0 Å². The minimum Gasteiger partial charge on any atom is -0.348 e. The molecule has 3 aromatic rings. The summed E-state index contributed by atoms with van der Waals surface area (Å²) in [5, 5.41) is 6.50. The molecule has 1 saturated heterocycles. The maximum atomic E-state index is 12.7. The summed E-state index contributed by atoms with van der Waals surface area (Å²) in [7, 11) is 0. The molecule has 1 fully saturated rings. The van der Waals surface area contributed by atoms with Crippen molar-refractivity contribution in [2.24, 2.45) is 0 Å². The molecule has 0 radical (unpaired) electrons. The van der Waals surface area contributed by atoms with E-state index in [-0.39, 0.29) is 11.9 Å². The normalized spacial score (nSPS) is 17.3. The predicted molar refractivity (Wildman–Crippen MR) is 105 cm³/mol. The van der Waals surface area contributed by atoms with Gasteiger partial charge in [-0.1, -0.05) is 18.2 Å². The van der Waals surface area contributed by atoms with Crippen LogP contribution in [0.5, 0.6) is 0 Å². The van der Waals surface area contributed by atoms with E-state index in [1.807, 2.05) is 59.3 Å². The van der Waals surface area contributed by atoms with Gasteiger partial charge in [0.25, 0.3) is 5.91 Å². The van der Waals surface area contributed by atoms with Crippen LogP contribution in [0.3, 0.4) is 0 Å². The zero-order valence-corrected chi connectivity index (χ0v) is 15.3. The molecule has 0 spiro atoms. The Morgan fingerprint density at radius 3 is 3.00 bits per heavy atom. The third-order valence-electron chi connectivity index (χ3n) is 4.55. The van der Waals surface area contributed by atoms with Crippen molar-refractivity contribution < 1.29 is 4.79 Å². The number of amides is 1. The van der Waals surface area contributed by atoms with Gasteiger partial charge in [-0.25, -0.2) is 4.98 Å². The van der Waals surface area contributed by atoms with E-state index in [4.69, 9.17) is 0 Å². The average Bonchev–Trinajstić information content (AvgIpc) is 3.10. The number of nitrogens with zero attached hydrogens (tertiary/aromatic N) is 2. The Morgan fingerprint density at radius 1 is 1.27 bits per heavy atom. The van der Waals surface area contributed by atoms with Gasteiger partial charge in [0.05, 0.1) is 11.3 Å². The Bertz CT molecular complexity index is 868. The van der Waals surface area contributed by atoms with E-state index in [1.54, 1.807) is 11.8 Å². The van der Waals surface area contributed by atoms with Gasteiger partial charge in [-0.15, -0.1) is 11.8 Å². The molecule has 1 aliphatic rings. The number of piperidine rings is 1. The van der Waals surface area contributed by atoms with E-state index in [1.165, 1.54) is 0 Å². The monoisotopic (exact) mass is 366 g/mol. The van der Waals surface area contributed by atoms with E-state index >= 15 is 0 Å². The SMILES string of the molecule is O=C(N[C@H]1CCCNC1)c1ccccc1SCc1cn2ccccc2n1. The molecule has 3 heterocycles. The summed E-state index contributed by atoms with van der Waals surface area (Å²) < 4.78 is 2.02. The number of nitrogens with one attached hydrogen (secondary N) is 2. The first-order chi connectivity index (χ1) is 12.8. The summed E-state index contributed by atoms with van der Waals surface area (Å²) in [6.07, 6.45) is 6.18. The molecular formula is C20H22N4OS. The van der Waals surface area contributed by atoms with E-state index in [0.29, 0.717) is 0 Å². The van der Waals surface area contributed by atoms with Gasteiger partial charge in [0.2, 0.25) is 0 Å². The van der Waals surface area contributed by atoms with E-state index < -0.39 is 0 Å². The smallest absolute Gasteiger partial charge is 0.252 e. The van der Waals surface area contributed by atoms with Crippen LogP contribution in [0.1, 0.15) is 28.9 Å². The van der Waals surface area contributed by atoms with Crippen LogP contribution in [0.4, 0.5) is 0 Å². The van der Waals surface area contributed by atoms with E-state index in [2.05, 4.69) is 15.6 Å². The molecule has 1 atom stereocenters. The van der Waals surface area contributed by atoms with Crippen LogP contribution >= 0.6 is 11.8 Å². The summed E-state index contributed by atoms with van der Waals surface area (Å²) in [4.78, 5) is 18.3. The number of hydrogen-bond donors (Lipinski definition) is 2. The molecule has 134 valence electrons. The van der Waals surface area contributed by atoms with Crippen molar-refractivity contribution in [3.05, 3.63) is 66.1 Å². The fourth-order valence-corrected chi connectivity index (χ4v) is 4.16. The molecule has 2 aromatic heterocycles. The topological polar surface area (TPSA) is 58.4 Å². The van der Waals surface area contributed by atoms with Crippen molar-refractivity contribution in [1.29, 1.82) is 0 Å². The van der Waals surface area contributed by atoms with Crippen LogP contribution in [0.25, 0.3) is 5.65 Å². The lowest BCUT2D eigenvalue weighted by Crippen LogP contribution is -2.45. The third kappa shape index (κ3) is 3.92. The van der Waals surface area contributed by atoms with Gasteiger partial charge in [-0.05, 0) is 43.7 Å². The molecule has 0 aliphatic carbocycles. The van der Waals surface area contributed by atoms with Crippen LogP contribution in [0, 0.1) is 0 Å². The van der Waals surface area contributed by atoms with Crippen LogP contribution < -0.4 is 10.6 Å². The Labute approximate surface area is 157 Å². The highest BCUT2D eigenvalue weighted by Gasteiger charge is 2.18. The molecular weight excluding hydrogens is 344 g/mol. The van der Waals surface area contributed by atoms with Crippen molar-refractivity contribution in [2.45, 2.75) is 29.5 Å². The standard InChI is InChI=1S/C20H22N4OS/c25-20(23-15-6-5-10-21-12-15)17-7-1-2-8-18(17)26-14-16-13-24-11-4-3-9-19(24)22-16/h1-4,7-9,11,13,15,21H,5-6,10,12,14H2,(H,23,25)/t15-/m0/s1. The van der Waals surface area contributed by atoms with Crippen LogP contribution in [-0.2, 0) is 5.75 Å². The first-order valence-corrected chi connectivity index (χ1v) is 9.94. The number of rotatable bonds is 5. The molecule has 1 aliphatic heterocycles. The van der Waals surface area contributed by atoms with Gasteiger partial charge >= 0.3 is 0 Å². The lowest BCUT2D eigenvalue weighted by molar-refractivity contribution is 0.0927. The number of fused-ring (bicyclic) bond motifs is 1. The minimum atomic E-state index is 0.0109. The lowest BCUT2D eigenvalue weighted by Gasteiger charge is -2.24. The number of carbonyl (C=O) groups excluding carboxylic acids is 1. The molecule has 5 nitrogen and oxygen atoms in total. The second-order valence-corrected chi connectivity index (χ2v) is 7.52. The van der Waals surface area contributed by atoms with Gasteiger partial charge in [0, 0.05) is 35.6 Å². The third-order valence-corrected chi connectivity index (χ3v) is 5.66. The van der Waals surface area contributed by atoms with Crippen LogP contribution in [-0.4, -0.2) is 34.4 Å². The fourth-order valence-electron chi connectivity index (χ4n) is 3.23. The first-order valence-electron chi connectivity index (χ1n) is 8.95. The minimum absolute atomic E-state index is 0.0109. The van der Waals surface area contributed by atoms with Gasteiger partial charge in [0.15, 0.2) is 0 Å². The van der Waals surface area contributed by atoms with Crippen LogP contribution in [0.15, 0.2) is 59.8 Å². The molecule has 26 heavy (non-hydrogen) atoms.